The molecule has 0 aromatic heterocycles. The van der Waals surface area contributed by atoms with Crippen LogP contribution in [0.2, 0.25) is 0 Å². The second-order valence-corrected chi connectivity index (χ2v) is 6.00. The molecule has 4 heteroatoms. The van der Waals surface area contributed by atoms with Gasteiger partial charge in [-0.1, -0.05) is 0 Å². The van der Waals surface area contributed by atoms with E-state index in [4.69, 9.17) is 9.47 Å². The summed E-state index contributed by atoms with van der Waals surface area (Å²) in [5.41, 5.74) is 2.55. The summed E-state index contributed by atoms with van der Waals surface area (Å²) in [5.74, 6) is 2.03. The molecule has 2 aliphatic rings. The molecule has 1 saturated heterocycles. The Morgan fingerprint density at radius 1 is 1.40 bits per heavy atom. The number of nitrogens with one attached hydrogen (secondary N) is 1. The van der Waals surface area contributed by atoms with E-state index in [1.54, 1.807) is 7.11 Å². The normalized spacial score (nSPS) is 26.1. The van der Waals surface area contributed by atoms with Crippen LogP contribution in [-0.4, -0.2) is 43.8 Å². The standard InChI is InChI=1S/C16H24N2O2/c1-11-9-18(5-4-17-11)10-14-8-15(19-3)7-13-6-12(2)20-16(13)14/h7-8,11-12,17H,4-6,9-10H2,1-3H3. The van der Waals surface area contributed by atoms with Gasteiger partial charge in [0, 0.05) is 49.8 Å². The first-order chi connectivity index (χ1) is 9.65. The average Bonchev–Trinajstić information content (AvgIpc) is 2.79. The molecule has 1 aromatic carbocycles. The number of nitrogens with zero attached hydrogens (tertiary/aromatic N) is 1. The smallest absolute Gasteiger partial charge is 0.127 e. The minimum atomic E-state index is 0.276. The van der Waals surface area contributed by atoms with Crippen molar-refractivity contribution in [1.29, 1.82) is 0 Å². The van der Waals surface area contributed by atoms with Crippen LogP contribution in [-0.2, 0) is 13.0 Å². The maximum atomic E-state index is 6.01. The zero-order valence-electron chi connectivity index (χ0n) is 12.6. The Balaban J connectivity index is 1.83. The van der Waals surface area contributed by atoms with Crippen LogP contribution in [0.25, 0.3) is 0 Å². The number of fused-ring (bicyclic) bond motifs is 1. The first-order valence-electron chi connectivity index (χ1n) is 7.48. The van der Waals surface area contributed by atoms with E-state index in [0.29, 0.717) is 6.04 Å². The molecule has 3 rings (SSSR count). The molecular formula is C16H24N2O2. The van der Waals surface area contributed by atoms with Gasteiger partial charge in [-0.25, -0.2) is 0 Å². The van der Waals surface area contributed by atoms with Gasteiger partial charge in [-0.3, -0.25) is 4.90 Å². The number of rotatable bonds is 3. The Morgan fingerprint density at radius 2 is 2.25 bits per heavy atom. The van der Waals surface area contributed by atoms with Crippen LogP contribution in [0, 0.1) is 0 Å². The molecule has 0 amide bonds. The molecule has 1 N–H and O–H groups in total. The van der Waals surface area contributed by atoms with E-state index in [1.165, 1.54) is 11.1 Å². The monoisotopic (exact) mass is 276 g/mol. The Labute approximate surface area is 121 Å². The molecule has 2 unspecified atom stereocenters. The van der Waals surface area contributed by atoms with Crippen LogP contribution in [0.3, 0.4) is 0 Å². The van der Waals surface area contributed by atoms with Crippen LogP contribution in [0.15, 0.2) is 12.1 Å². The quantitative estimate of drug-likeness (QED) is 0.913. The molecule has 1 fully saturated rings. The highest BCUT2D eigenvalue weighted by molar-refractivity contribution is 5.49. The van der Waals surface area contributed by atoms with Crippen molar-refractivity contribution in [2.45, 2.75) is 39.0 Å². The van der Waals surface area contributed by atoms with Crippen molar-refractivity contribution in [3.8, 4) is 11.5 Å². The zero-order valence-corrected chi connectivity index (χ0v) is 12.6. The van der Waals surface area contributed by atoms with E-state index in [1.807, 2.05) is 0 Å². The highest BCUT2D eigenvalue weighted by Crippen LogP contribution is 2.36. The van der Waals surface area contributed by atoms with Gasteiger partial charge in [-0.05, 0) is 26.0 Å². The Hall–Kier alpha value is -1.26. The third-order valence-corrected chi connectivity index (χ3v) is 4.13. The van der Waals surface area contributed by atoms with Crippen LogP contribution in [0.4, 0.5) is 0 Å². The minimum absolute atomic E-state index is 0.276. The fourth-order valence-corrected chi connectivity index (χ4v) is 3.21. The summed E-state index contributed by atoms with van der Waals surface area (Å²) in [6, 6.07) is 4.80. The third kappa shape index (κ3) is 2.76. The van der Waals surface area contributed by atoms with Gasteiger partial charge >= 0.3 is 0 Å². The van der Waals surface area contributed by atoms with Crippen molar-refractivity contribution in [3.63, 3.8) is 0 Å². The Morgan fingerprint density at radius 3 is 3.00 bits per heavy atom. The summed E-state index contributed by atoms with van der Waals surface area (Å²) in [6.45, 7) is 8.54. The number of benzene rings is 1. The molecule has 1 aromatic rings. The molecule has 0 aliphatic carbocycles. The molecule has 2 heterocycles. The van der Waals surface area contributed by atoms with E-state index in [9.17, 15) is 0 Å². The third-order valence-electron chi connectivity index (χ3n) is 4.13. The molecule has 4 nitrogen and oxygen atoms in total. The molecule has 0 saturated carbocycles. The summed E-state index contributed by atoms with van der Waals surface area (Å²) in [5, 5.41) is 3.48. The number of hydrogen-bond donors (Lipinski definition) is 1. The van der Waals surface area contributed by atoms with Crippen molar-refractivity contribution in [2.75, 3.05) is 26.7 Å². The van der Waals surface area contributed by atoms with Crippen LogP contribution < -0.4 is 14.8 Å². The van der Waals surface area contributed by atoms with E-state index < -0.39 is 0 Å². The van der Waals surface area contributed by atoms with Crippen LogP contribution in [0.5, 0.6) is 11.5 Å². The summed E-state index contributed by atoms with van der Waals surface area (Å²) < 4.78 is 11.4. The molecule has 2 atom stereocenters. The summed E-state index contributed by atoms with van der Waals surface area (Å²) >= 11 is 0. The maximum absolute atomic E-state index is 6.01. The Kier molecular flexibility index (Phi) is 3.85. The van der Waals surface area contributed by atoms with Crippen molar-refractivity contribution >= 4 is 0 Å². The minimum Gasteiger partial charge on any atom is -0.497 e. The fourth-order valence-electron chi connectivity index (χ4n) is 3.21. The molecule has 2 aliphatic heterocycles. The number of ether oxygens (including phenoxy) is 2. The highest BCUT2D eigenvalue weighted by Gasteiger charge is 2.25. The lowest BCUT2D eigenvalue weighted by molar-refractivity contribution is 0.193. The SMILES string of the molecule is COc1cc2c(c(CN3CCNC(C)C3)c1)OC(C)C2. The van der Waals surface area contributed by atoms with E-state index in [0.717, 1.165) is 44.1 Å². The van der Waals surface area contributed by atoms with Crippen molar-refractivity contribution < 1.29 is 9.47 Å². The van der Waals surface area contributed by atoms with Crippen molar-refractivity contribution in [2.24, 2.45) is 0 Å². The summed E-state index contributed by atoms with van der Waals surface area (Å²) in [4.78, 5) is 2.49. The fraction of sp³-hybridized carbons (Fsp3) is 0.625. The molecule has 20 heavy (non-hydrogen) atoms. The lowest BCUT2D eigenvalue weighted by atomic mass is 10.0. The lowest BCUT2D eigenvalue weighted by Gasteiger charge is -2.32. The number of methoxy groups -OCH3 is 1. The molecular weight excluding hydrogens is 252 g/mol. The molecule has 0 spiro atoms. The van der Waals surface area contributed by atoms with E-state index in [2.05, 4.69) is 36.2 Å². The summed E-state index contributed by atoms with van der Waals surface area (Å²) in [7, 11) is 1.73. The van der Waals surface area contributed by atoms with Gasteiger partial charge in [-0.15, -0.1) is 0 Å². The van der Waals surface area contributed by atoms with E-state index >= 15 is 0 Å². The van der Waals surface area contributed by atoms with Gasteiger partial charge in [0.15, 0.2) is 0 Å². The van der Waals surface area contributed by atoms with Gasteiger partial charge in [0.2, 0.25) is 0 Å². The predicted octanol–water partition coefficient (Wildman–Crippen LogP) is 1.81. The van der Waals surface area contributed by atoms with Gasteiger partial charge in [-0.2, -0.15) is 0 Å². The Bertz CT molecular complexity index is 490. The van der Waals surface area contributed by atoms with Crippen LogP contribution in [0.1, 0.15) is 25.0 Å². The predicted molar refractivity (Wildman–Crippen MR) is 79.5 cm³/mol. The lowest BCUT2D eigenvalue weighted by Crippen LogP contribution is -2.48. The van der Waals surface area contributed by atoms with Crippen molar-refractivity contribution in [3.05, 3.63) is 23.3 Å². The molecule has 110 valence electrons. The highest BCUT2D eigenvalue weighted by atomic mass is 16.5. The zero-order chi connectivity index (χ0) is 14.1. The maximum Gasteiger partial charge on any atom is 0.127 e. The topological polar surface area (TPSA) is 33.7 Å². The second-order valence-electron chi connectivity index (χ2n) is 6.00. The largest absolute Gasteiger partial charge is 0.497 e. The van der Waals surface area contributed by atoms with E-state index in [-0.39, 0.29) is 6.10 Å². The average molecular weight is 276 g/mol. The molecule has 0 bridgehead atoms. The second kappa shape index (κ2) is 5.62. The van der Waals surface area contributed by atoms with Crippen LogP contribution >= 0.6 is 0 Å². The van der Waals surface area contributed by atoms with Gasteiger partial charge in [0.05, 0.1) is 7.11 Å². The van der Waals surface area contributed by atoms with Gasteiger partial charge < -0.3 is 14.8 Å². The van der Waals surface area contributed by atoms with Crippen molar-refractivity contribution in [1.82, 2.24) is 10.2 Å². The summed E-state index contributed by atoms with van der Waals surface area (Å²) in [6.07, 6.45) is 1.26. The van der Waals surface area contributed by atoms with Gasteiger partial charge in [0.1, 0.15) is 17.6 Å². The number of hydrogen-bond acceptors (Lipinski definition) is 4. The first kappa shape index (κ1) is 13.7. The molecule has 0 radical (unpaired) electrons. The van der Waals surface area contributed by atoms with Gasteiger partial charge in [0.25, 0.3) is 0 Å². The first-order valence-corrected chi connectivity index (χ1v) is 7.48. The number of piperazine rings is 1.